The molecule has 2 amide bonds. The van der Waals surface area contributed by atoms with E-state index >= 15 is 0 Å². The molecule has 1 N–H and O–H groups in total. The second-order valence-electron chi connectivity index (χ2n) is 3.12. The van der Waals surface area contributed by atoms with Crippen molar-refractivity contribution in [2.75, 3.05) is 0 Å². The summed E-state index contributed by atoms with van der Waals surface area (Å²) in [5.41, 5.74) is 1.73. The molecule has 1 aromatic heterocycles. The van der Waals surface area contributed by atoms with Crippen LogP contribution in [0.1, 0.15) is 11.3 Å². The molecule has 0 spiro atoms. The number of imide groups is 1. The maximum atomic E-state index is 11.2. The highest BCUT2D eigenvalue weighted by Crippen LogP contribution is 2.11. The van der Waals surface area contributed by atoms with Crippen molar-refractivity contribution in [1.29, 1.82) is 0 Å². The molecular formula is C9H9N3O2. The predicted octanol–water partition coefficient (Wildman–Crippen LogP) is 0.143. The second kappa shape index (κ2) is 3.10. The number of hydrogen-bond acceptors (Lipinski definition) is 3. The lowest BCUT2D eigenvalue weighted by molar-refractivity contribution is -0.137. The van der Waals surface area contributed by atoms with E-state index in [1.165, 1.54) is 17.1 Å². The highest BCUT2D eigenvalue weighted by Gasteiger charge is 2.23. The molecule has 14 heavy (non-hydrogen) atoms. The zero-order valence-electron chi connectivity index (χ0n) is 7.65. The Balaban J connectivity index is 2.16. The Bertz CT molecular complexity index is 401. The van der Waals surface area contributed by atoms with Gasteiger partial charge in [-0.2, -0.15) is 5.10 Å². The topological polar surface area (TPSA) is 66.1 Å². The first-order chi connectivity index (χ1) is 6.68. The third-order valence-electron chi connectivity index (χ3n) is 2.16. The monoisotopic (exact) mass is 191 g/mol. The minimum Gasteiger partial charge on any atom is -0.283 e. The molecular weight excluding hydrogens is 182 g/mol. The van der Waals surface area contributed by atoms with Gasteiger partial charge < -0.3 is 0 Å². The van der Waals surface area contributed by atoms with E-state index in [0.717, 1.165) is 11.3 Å². The average Bonchev–Trinajstić information content (AvgIpc) is 2.67. The van der Waals surface area contributed by atoms with Crippen molar-refractivity contribution in [2.24, 2.45) is 0 Å². The first-order valence-electron chi connectivity index (χ1n) is 4.21. The second-order valence-corrected chi connectivity index (χ2v) is 3.12. The minimum absolute atomic E-state index is 0.268. The highest BCUT2D eigenvalue weighted by atomic mass is 16.2. The molecule has 1 aliphatic rings. The van der Waals surface area contributed by atoms with Gasteiger partial charge in [-0.1, -0.05) is 0 Å². The van der Waals surface area contributed by atoms with Crippen molar-refractivity contribution < 1.29 is 9.59 Å². The number of H-pyrrole nitrogens is 1. The third-order valence-corrected chi connectivity index (χ3v) is 2.16. The minimum atomic E-state index is -0.268. The molecule has 0 atom stereocenters. The summed E-state index contributed by atoms with van der Waals surface area (Å²) in [5, 5.41) is 6.57. The summed E-state index contributed by atoms with van der Waals surface area (Å²) >= 11 is 0. The van der Waals surface area contributed by atoms with E-state index in [-0.39, 0.29) is 18.4 Å². The van der Waals surface area contributed by atoms with Crippen molar-refractivity contribution >= 4 is 11.8 Å². The van der Waals surface area contributed by atoms with E-state index in [9.17, 15) is 9.59 Å². The molecule has 0 aromatic carbocycles. The van der Waals surface area contributed by atoms with Gasteiger partial charge >= 0.3 is 0 Å². The quantitative estimate of drug-likeness (QED) is 0.676. The summed E-state index contributed by atoms with van der Waals surface area (Å²) in [6.07, 6.45) is 4.17. The first-order valence-corrected chi connectivity index (χ1v) is 4.21. The summed E-state index contributed by atoms with van der Waals surface area (Å²) in [5.74, 6) is -0.536. The van der Waals surface area contributed by atoms with E-state index in [4.69, 9.17) is 0 Å². The fourth-order valence-electron chi connectivity index (χ4n) is 1.29. The Kier molecular flexibility index (Phi) is 1.92. The summed E-state index contributed by atoms with van der Waals surface area (Å²) in [7, 11) is 0. The van der Waals surface area contributed by atoms with Crippen LogP contribution >= 0.6 is 0 Å². The van der Waals surface area contributed by atoms with Gasteiger partial charge in [-0.05, 0) is 6.92 Å². The van der Waals surface area contributed by atoms with E-state index in [2.05, 4.69) is 10.2 Å². The fourth-order valence-corrected chi connectivity index (χ4v) is 1.29. The van der Waals surface area contributed by atoms with E-state index in [0.29, 0.717) is 0 Å². The molecule has 5 nitrogen and oxygen atoms in total. The third kappa shape index (κ3) is 1.32. The summed E-state index contributed by atoms with van der Waals surface area (Å²) in [6.45, 7) is 2.13. The normalized spacial score (nSPS) is 15.6. The lowest BCUT2D eigenvalue weighted by atomic mass is 10.2. The lowest BCUT2D eigenvalue weighted by Crippen LogP contribution is -2.29. The number of hydrogen-bond donors (Lipinski definition) is 1. The number of nitrogens with zero attached hydrogens (tertiary/aromatic N) is 2. The molecule has 0 saturated carbocycles. The van der Waals surface area contributed by atoms with Gasteiger partial charge in [-0.25, -0.2) is 0 Å². The number of amides is 2. The first kappa shape index (κ1) is 8.68. The van der Waals surface area contributed by atoms with Crippen LogP contribution in [0.15, 0.2) is 18.3 Å². The van der Waals surface area contributed by atoms with Gasteiger partial charge in [0.05, 0.1) is 12.7 Å². The zero-order valence-corrected chi connectivity index (χ0v) is 7.65. The average molecular weight is 191 g/mol. The predicted molar refractivity (Wildman–Crippen MR) is 48.0 cm³/mol. The van der Waals surface area contributed by atoms with Crippen LogP contribution in [-0.4, -0.2) is 26.9 Å². The molecule has 0 bridgehead atoms. The highest BCUT2D eigenvalue weighted by molar-refractivity contribution is 6.12. The fraction of sp³-hybridized carbons (Fsp3) is 0.222. The SMILES string of the molecule is Cc1[nH]ncc1CN1C(=O)C=CC1=O. The van der Waals surface area contributed by atoms with Crippen LogP contribution in [0.3, 0.4) is 0 Å². The molecule has 2 rings (SSSR count). The Hall–Kier alpha value is -1.91. The molecule has 0 fully saturated rings. The molecule has 0 saturated heterocycles. The van der Waals surface area contributed by atoms with Crippen LogP contribution in [0, 0.1) is 6.92 Å². The summed E-state index contributed by atoms with van der Waals surface area (Å²) in [4.78, 5) is 23.6. The van der Waals surface area contributed by atoms with Gasteiger partial charge in [0.15, 0.2) is 0 Å². The van der Waals surface area contributed by atoms with Crippen molar-refractivity contribution in [2.45, 2.75) is 13.5 Å². The molecule has 0 aliphatic carbocycles. The molecule has 1 aromatic rings. The van der Waals surface area contributed by atoms with Crippen LogP contribution < -0.4 is 0 Å². The number of aromatic amines is 1. The van der Waals surface area contributed by atoms with Crippen LogP contribution in [0.5, 0.6) is 0 Å². The maximum Gasteiger partial charge on any atom is 0.253 e. The van der Waals surface area contributed by atoms with Gasteiger partial charge in [-0.15, -0.1) is 0 Å². The van der Waals surface area contributed by atoms with Gasteiger partial charge in [0, 0.05) is 23.4 Å². The summed E-state index contributed by atoms with van der Waals surface area (Å²) < 4.78 is 0. The number of aromatic nitrogens is 2. The van der Waals surface area contributed by atoms with Gasteiger partial charge in [0.2, 0.25) is 0 Å². The Morgan fingerprint density at radius 2 is 2.00 bits per heavy atom. The van der Waals surface area contributed by atoms with E-state index < -0.39 is 0 Å². The van der Waals surface area contributed by atoms with Gasteiger partial charge in [0.1, 0.15) is 0 Å². The zero-order chi connectivity index (χ0) is 10.1. The number of carbonyl (C=O) groups excluding carboxylic acids is 2. The smallest absolute Gasteiger partial charge is 0.253 e. The van der Waals surface area contributed by atoms with Crippen LogP contribution in [0.25, 0.3) is 0 Å². The standard InChI is InChI=1S/C9H9N3O2/c1-6-7(4-10-11-6)5-12-8(13)2-3-9(12)14/h2-4H,5H2,1H3,(H,10,11). The number of rotatable bonds is 2. The molecule has 72 valence electrons. The van der Waals surface area contributed by atoms with Crippen LogP contribution in [-0.2, 0) is 16.1 Å². The Labute approximate surface area is 80.4 Å². The lowest BCUT2D eigenvalue weighted by Gasteiger charge is -2.12. The molecule has 1 aliphatic heterocycles. The molecule has 0 radical (unpaired) electrons. The molecule has 2 heterocycles. The van der Waals surface area contributed by atoms with Gasteiger partial charge in [0.25, 0.3) is 11.8 Å². The summed E-state index contributed by atoms with van der Waals surface area (Å²) in [6, 6.07) is 0. The number of nitrogens with one attached hydrogen (secondary N) is 1. The van der Waals surface area contributed by atoms with E-state index in [1.807, 2.05) is 6.92 Å². The largest absolute Gasteiger partial charge is 0.283 e. The maximum absolute atomic E-state index is 11.2. The molecule has 5 heteroatoms. The van der Waals surface area contributed by atoms with Crippen LogP contribution in [0.4, 0.5) is 0 Å². The molecule has 0 unspecified atom stereocenters. The van der Waals surface area contributed by atoms with Crippen molar-refractivity contribution in [1.82, 2.24) is 15.1 Å². The van der Waals surface area contributed by atoms with Crippen molar-refractivity contribution in [3.63, 3.8) is 0 Å². The number of carbonyl (C=O) groups is 2. The van der Waals surface area contributed by atoms with Crippen LogP contribution in [0.2, 0.25) is 0 Å². The van der Waals surface area contributed by atoms with Crippen molar-refractivity contribution in [3.05, 3.63) is 29.6 Å². The Morgan fingerprint density at radius 1 is 1.36 bits per heavy atom. The van der Waals surface area contributed by atoms with Crippen molar-refractivity contribution in [3.8, 4) is 0 Å². The van der Waals surface area contributed by atoms with E-state index in [1.54, 1.807) is 6.20 Å². The van der Waals surface area contributed by atoms with Gasteiger partial charge in [-0.3, -0.25) is 19.6 Å². The Morgan fingerprint density at radius 3 is 2.50 bits per heavy atom. The number of aryl methyl sites for hydroxylation is 1.